The lowest BCUT2D eigenvalue weighted by Gasteiger charge is -2.26. The van der Waals surface area contributed by atoms with Crippen molar-refractivity contribution in [1.29, 1.82) is 0 Å². The molecular formula is C14H19NOS. The van der Waals surface area contributed by atoms with Gasteiger partial charge in [-0.05, 0) is 49.5 Å². The largest absolute Gasteiger partial charge is 0.379 e. The summed E-state index contributed by atoms with van der Waals surface area (Å²) in [6, 6.07) is 9.19. The molecule has 0 spiro atoms. The van der Waals surface area contributed by atoms with Crippen LogP contribution < -0.4 is 5.32 Å². The minimum absolute atomic E-state index is 0.680. The molecule has 2 fully saturated rings. The predicted molar refractivity (Wildman–Crippen MR) is 71.8 cm³/mol. The maximum absolute atomic E-state index is 5.20. The summed E-state index contributed by atoms with van der Waals surface area (Å²) in [4.78, 5) is 1.39. The van der Waals surface area contributed by atoms with Crippen molar-refractivity contribution in [3.8, 4) is 0 Å². The molecule has 17 heavy (non-hydrogen) atoms. The van der Waals surface area contributed by atoms with E-state index < -0.39 is 0 Å². The van der Waals surface area contributed by atoms with Gasteiger partial charge in [-0.25, -0.2) is 0 Å². The Kier molecular flexibility index (Phi) is 3.69. The van der Waals surface area contributed by atoms with E-state index >= 15 is 0 Å². The minimum atomic E-state index is 0.680. The Balaban J connectivity index is 1.62. The van der Waals surface area contributed by atoms with Crippen molar-refractivity contribution in [3.05, 3.63) is 29.8 Å². The maximum Gasteiger partial charge on any atom is 0.0611 e. The van der Waals surface area contributed by atoms with Gasteiger partial charge >= 0.3 is 0 Å². The third-order valence-corrected chi connectivity index (χ3v) is 4.75. The lowest BCUT2D eigenvalue weighted by atomic mass is 9.90. The Morgan fingerprint density at radius 2 is 1.76 bits per heavy atom. The van der Waals surface area contributed by atoms with Crippen molar-refractivity contribution < 1.29 is 4.74 Å². The molecule has 1 aromatic rings. The first-order valence-corrected chi connectivity index (χ1v) is 7.35. The summed E-state index contributed by atoms with van der Waals surface area (Å²) in [5.74, 6) is 0.766. The average molecular weight is 249 g/mol. The SMILES string of the molecule is c1cc(C2CCNCC2)ccc1SC1COC1. The van der Waals surface area contributed by atoms with Crippen LogP contribution in [0.3, 0.4) is 0 Å². The van der Waals surface area contributed by atoms with Crippen molar-refractivity contribution >= 4 is 11.8 Å². The standard InChI is InChI=1S/C14H19NOS/c1-3-13(17-14-9-16-10-14)4-2-11(1)12-5-7-15-8-6-12/h1-4,12,14-15H,5-10H2. The van der Waals surface area contributed by atoms with Crippen LogP contribution >= 0.6 is 11.8 Å². The van der Waals surface area contributed by atoms with Crippen molar-refractivity contribution in [3.63, 3.8) is 0 Å². The third kappa shape index (κ3) is 2.84. The molecule has 1 aromatic carbocycles. The number of hydrogen-bond donors (Lipinski definition) is 1. The zero-order chi connectivity index (χ0) is 11.5. The first kappa shape index (κ1) is 11.6. The second kappa shape index (κ2) is 5.42. The van der Waals surface area contributed by atoms with Gasteiger partial charge < -0.3 is 10.1 Å². The maximum atomic E-state index is 5.20. The molecule has 0 unspecified atom stereocenters. The summed E-state index contributed by atoms with van der Waals surface area (Å²) in [7, 11) is 0. The van der Waals surface area contributed by atoms with Crippen molar-refractivity contribution in [2.75, 3.05) is 26.3 Å². The van der Waals surface area contributed by atoms with Gasteiger partial charge in [0.1, 0.15) is 0 Å². The highest BCUT2D eigenvalue weighted by atomic mass is 32.2. The molecule has 3 heteroatoms. The van der Waals surface area contributed by atoms with E-state index in [1.807, 2.05) is 11.8 Å². The van der Waals surface area contributed by atoms with Gasteiger partial charge in [0.15, 0.2) is 0 Å². The fourth-order valence-electron chi connectivity index (χ4n) is 2.45. The van der Waals surface area contributed by atoms with E-state index in [0.717, 1.165) is 19.1 Å². The fraction of sp³-hybridized carbons (Fsp3) is 0.571. The topological polar surface area (TPSA) is 21.3 Å². The number of hydrogen-bond acceptors (Lipinski definition) is 3. The van der Waals surface area contributed by atoms with E-state index in [2.05, 4.69) is 29.6 Å². The summed E-state index contributed by atoms with van der Waals surface area (Å²) < 4.78 is 5.20. The van der Waals surface area contributed by atoms with Crippen LogP contribution in [0.4, 0.5) is 0 Å². The molecule has 2 saturated heterocycles. The van der Waals surface area contributed by atoms with Crippen molar-refractivity contribution in [1.82, 2.24) is 5.32 Å². The van der Waals surface area contributed by atoms with Crippen LogP contribution in [0, 0.1) is 0 Å². The molecule has 0 aromatic heterocycles. The molecule has 0 radical (unpaired) electrons. The van der Waals surface area contributed by atoms with Crippen LogP contribution in [0.15, 0.2) is 29.2 Å². The molecule has 0 amide bonds. The van der Waals surface area contributed by atoms with E-state index in [-0.39, 0.29) is 0 Å². The van der Waals surface area contributed by atoms with Crippen molar-refractivity contribution in [2.45, 2.75) is 28.9 Å². The quantitative estimate of drug-likeness (QED) is 0.890. The van der Waals surface area contributed by atoms with Gasteiger partial charge in [0, 0.05) is 4.90 Å². The highest BCUT2D eigenvalue weighted by Crippen LogP contribution is 2.31. The molecule has 2 heterocycles. The highest BCUT2D eigenvalue weighted by molar-refractivity contribution is 8.00. The number of ether oxygens (including phenoxy) is 1. The van der Waals surface area contributed by atoms with E-state index in [0.29, 0.717) is 5.25 Å². The Labute approximate surface area is 107 Å². The summed E-state index contributed by atoms with van der Waals surface area (Å²) in [6.45, 7) is 4.17. The number of thioether (sulfide) groups is 1. The van der Waals surface area contributed by atoms with E-state index in [4.69, 9.17) is 4.74 Å². The summed E-state index contributed by atoms with van der Waals surface area (Å²) in [5.41, 5.74) is 1.51. The lowest BCUT2D eigenvalue weighted by molar-refractivity contribution is 0.0455. The average Bonchev–Trinajstić information content (AvgIpc) is 2.36. The molecule has 2 aliphatic rings. The van der Waals surface area contributed by atoms with E-state index in [1.165, 1.54) is 36.4 Å². The van der Waals surface area contributed by atoms with Crippen molar-refractivity contribution in [2.24, 2.45) is 0 Å². The van der Waals surface area contributed by atoms with Gasteiger partial charge in [-0.3, -0.25) is 0 Å². The molecule has 0 atom stereocenters. The molecule has 2 aliphatic heterocycles. The first-order chi connectivity index (χ1) is 8.42. The molecule has 0 aliphatic carbocycles. The second-order valence-corrected chi connectivity index (χ2v) is 6.24. The number of nitrogens with one attached hydrogen (secondary N) is 1. The molecule has 1 N–H and O–H groups in total. The Hall–Kier alpha value is -0.510. The zero-order valence-corrected chi connectivity index (χ0v) is 10.8. The van der Waals surface area contributed by atoms with Gasteiger partial charge in [0.2, 0.25) is 0 Å². The lowest BCUT2D eigenvalue weighted by Crippen LogP contribution is -2.30. The van der Waals surface area contributed by atoms with Crippen LogP contribution in [-0.2, 0) is 4.74 Å². The molecule has 2 nitrogen and oxygen atoms in total. The molecule has 0 saturated carbocycles. The monoisotopic (exact) mass is 249 g/mol. The predicted octanol–water partition coefficient (Wildman–Crippen LogP) is 2.64. The smallest absolute Gasteiger partial charge is 0.0611 e. The fourth-order valence-corrected chi connectivity index (χ4v) is 3.46. The molecule has 0 bridgehead atoms. The number of piperidine rings is 1. The third-order valence-electron chi connectivity index (χ3n) is 3.60. The molecular weight excluding hydrogens is 230 g/mol. The Morgan fingerprint density at radius 3 is 2.35 bits per heavy atom. The molecule has 3 rings (SSSR count). The van der Waals surface area contributed by atoms with Crippen LogP contribution in [0.1, 0.15) is 24.3 Å². The van der Waals surface area contributed by atoms with Crippen LogP contribution in [0.25, 0.3) is 0 Å². The van der Waals surface area contributed by atoms with Gasteiger partial charge in [0.05, 0.1) is 18.5 Å². The van der Waals surface area contributed by atoms with E-state index in [9.17, 15) is 0 Å². The summed E-state index contributed by atoms with van der Waals surface area (Å²) in [5, 5.41) is 4.10. The first-order valence-electron chi connectivity index (χ1n) is 6.47. The Morgan fingerprint density at radius 1 is 1.06 bits per heavy atom. The Bertz CT molecular complexity index is 355. The summed E-state index contributed by atoms with van der Waals surface area (Å²) in [6.07, 6.45) is 2.56. The van der Waals surface area contributed by atoms with Crippen LogP contribution in [0.2, 0.25) is 0 Å². The van der Waals surface area contributed by atoms with Gasteiger partial charge in [-0.15, -0.1) is 11.8 Å². The zero-order valence-electron chi connectivity index (χ0n) is 10.0. The van der Waals surface area contributed by atoms with Gasteiger partial charge in [-0.1, -0.05) is 12.1 Å². The van der Waals surface area contributed by atoms with Gasteiger partial charge in [0.25, 0.3) is 0 Å². The highest BCUT2D eigenvalue weighted by Gasteiger charge is 2.20. The van der Waals surface area contributed by atoms with Gasteiger partial charge in [-0.2, -0.15) is 0 Å². The van der Waals surface area contributed by atoms with E-state index in [1.54, 1.807) is 0 Å². The minimum Gasteiger partial charge on any atom is -0.379 e. The molecule has 92 valence electrons. The van der Waals surface area contributed by atoms with Crippen LogP contribution in [0.5, 0.6) is 0 Å². The summed E-state index contributed by atoms with van der Waals surface area (Å²) >= 11 is 1.95. The number of rotatable bonds is 3. The van der Waals surface area contributed by atoms with Crippen LogP contribution in [-0.4, -0.2) is 31.6 Å². The second-order valence-electron chi connectivity index (χ2n) is 4.87. The normalized spacial score (nSPS) is 22.4. The number of benzene rings is 1.